The molecular formula is C23H20IN3O6. The Morgan fingerprint density at radius 1 is 1.15 bits per heavy atom. The number of ketones is 2. The minimum absolute atomic E-state index is 0.0176. The van der Waals surface area contributed by atoms with E-state index >= 15 is 0 Å². The lowest BCUT2D eigenvalue weighted by atomic mass is 9.68. The molecule has 1 aliphatic heterocycles. The number of hydrogen-bond acceptors (Lipinski definition) is 6. The van der Waals surface area contributed by atoms with Gasteiger partial charge in [0.15, 0.2) is 23.1 Å². The van der Waals surface area contributed by atoms with Crippen LogP contribution in [0, 0.1) is 3.57 Å². The molecule has 2 aromatic rings. The average molecular weight is 561 g/mol. The number of halogens is 1. The van der Waals surface area contributed by atoms with E-state index in [9.17, 15) is 24.3 Å². The van der Waals surface area contributed by atoms with Crippen LogP contribution in [-0.4, -0.2) is 37.7 Å². The van der Waals surface area contributed by atoms with Crippen molar-refractivity contribution in [1.29, 1.82) is 0 Å². The Balaban J connectivity index is 1.81. The van der Waals surface area contributed by atoms with Gasteiger partial charge in [-0.05, 0) is 58.9 Å². The maximum absolute atomic E-state index is 13.2. The minimum Gasteiger partial charge on any atom is -0.504 e. The van der Waals surface area contributed by atoms with Crippen LogP contribution >= 0.6 is 22.6 Å². The van der Waals surface area contributed by atoms with Crippen LogP contribution in [0.25, 0.3) is 0 Å². The van der Waals surface area contributed by atoms with E-state index in [1.807, 2.05) is 28.7 Å². The van der Waals surface area contributed by atoms with E-state index in [-0.39, 0.29) is 36.0 Å². The number of carbonyl (C=O) groups is 2. The molecule has 2 atom stereocenters. The van der Waals surface area contributed by atoms with Gasteiger partial charge in [0.05, 0.1) is 23.3 Å². The van der Waals surface area contributed by atoms with Gasteiger partial charge in [0, 0.05) is 36.1 Å². The zero-order valence-electron chi connectivity index (χ0n) is 18.1. The van der Waals surface area contributed by atoms with Crippen molar-refractivity contribution in [3.8, 4) is 11.5 Å². The van der Waals surface area contributed by atoms with E-state index in [0.717, 1.165) is 10.1 Å². The fourth-order valence-corrected chi connectivity index (χ4v) is 5.68. The Morgan fingerprint density at radius 3 is 2.58 bits per heavy atom. The highest BCUT2D eigenvalue weighted by atomic mass is 127. The van der Waals surface area contributed by atoms with Crippen LogP contribution in [0.1, 0.15) is 30.9 Å². The predicted octanol–water partition coefficient (Wildman–Crippen LogP) is 1.73. The van der Waals surface area contributed by atoms with E-state index in [4.69, 9.17) is 4.74 Å². The second kappa shape index (κ2) is 7.44. The van der Waals surface area contributed by atoms with E-state index in [0.29, 0.717) is 25.9 Å². The van der Waals surface area contributed by atoms with Gasteiger partial charge in [-0.1, -0.05) is 6.08 Å². The summed E-state index contributed by atoms with van der Waals surface area (Å²) in [5.41, 5.74) is 1.58. The number of rotatable bonds is 2. The number of aromatic nitrogens is 3. The van der Waals surface area contributed by atoms with Crippen molar-refractivity contribution in [2.24, 2.45) is 7.05 Å². The largest absolute Gasteiger partial charge is 0.504 e. The molecule has 0 fully saturated rings. The van der Waals surface area contributed by atoms with Crippen molar-refractivity contribution in [3.05, 3.63) is 76.7 Å². The SMILES string of the molecule is COc1cc([C@H]2C3=CCn4c(=O)n(C)c(=O)n4[C@@H]3CC3=C2C(=O)C=C(C)C3=O)cc(I)c1O. The lowest BCUT2D eigenvalue weighted by Gasteiger charge is -2.39. The molecule has 0 saturated heterocycles. The summed E-state index contributed by atoms with van der Waals surface area (Å²) in [4.78, 5) is 51.9. The molecule has 0 amide bonds. The van der Waals surface area contributed by atoms with Crippen molar-refractivity contribution < 1.29 is 19.4 Å². The Morgan fingerprint density at radius 2 is 1.88 bits per heavy atom. The summed E-state index contributed by atoms with van der Waals surface area (Å²) < 4.78 is 9.65. The van der Waals surface area contributed by atoms with Crippen LogP contribution in [-0.2, 0) is 23.2 Å². The maximum atomic E-state index is 13.2. The summed E-state index contributed by atoms with van der Waals surface area (Å²) in [6.07, 6.45) is 3.35. The van der Waals surface area contributed by atoms with Gasteiger partial charge in [0.25, 0.3) is 0 Å². The molecule has 0 spiro atoms. The van der Waals surface area contributed by atoms with Crippen molar-refractivity contribution in [2.75, 3.05) is 7.11 Å². The molecule has 0 unspecified atom stereocenters. The first-order valence-electron chi connectivity index (χ1n) is 10.3. The zero-order valence-corrected chi connectivity index (χ0v) is 20.2. The topological polar surface area (TPSA) is 113 Å². The summed E-state index contributed by atoms with van der Waals surface area (Å²) in [5, 5.41) is 10.3. The van der Waals surface area contributed by atoms with Gasteiger partial charge in [0.1, 0.15) is 0 Å². The molecule has 33 heavy (non-hydrogen) atoms. The number of aromatic hydroxyl groups is 1. The summed E-state index contributed by atoms with van der Waals surface area (Å²) in [7, 11) is 2.86. The van der Waals surface area contributed by atoms with Crippen molar-refractivity contribution >= 4 is 34.2 Å². The number of hydrogen-bond donors (Lipinski definition) is 1. The summed E-state index contributed by atoms with van der Waals surface area (Å²) in [6.45, 7) is 1.77. The molecule has 10 heteroatoms. The van der Waals surface area contributed by atoms with Crippen LogP contribution in [0.2, 0.25) is 0 Å². The third-order valence-electron chi connectivity index (χ3n) is 6.62. The number of fused-ring (bicyclic) bond motifs is 3. The third-order valence-corrected chi connectivity index (χ3v) is 7.45. The van der Waals surface area contributed by atoms with Crippen LogP contribution in [0.5, 0.6) is 11.5 Å². The smallest absolute Gasteiger partial charge is 0.347 e. The molecule has 2 heterocycles. The van der Waals surface area contributed by atoms with Gasteiger partial charge in [-0.15, -0.1) is 0 Å². The quantitative estimate of drug-likeness (QED) is 0.340. The normalized spacial score (nSPS) is 21.8. The van der Waals surface area contributed by atoms with E-state index < -0.39 is 23.3 Å². The molecule has 0 bridgehead atoms. The molecule has 0 saturated carbocycles. The first-order valence-corrected chi connectivity index (χ1v) is 11.4. The number of Topliss-reactive ketones (excluding diaryl/α,β-unsaturated/α-hetero) is 1. The molecule has 5 rings (SSSR count). The second-order valence-corrected chi connectivity index (χ2v) is 9.54. The lowest BCUT2D eigenvalue weighted by Crippen LogP contribution is -2.40. The highest BCUT2D eigenvalue weighted by molar-refractivity contribution is 14.1. The molecule has 2 aliphatic carbocycles. The van der Waals surface area contributed by atoms with Gasteiger partial charge in [-0.3, -0.25) is 9.59 Å². The number of allylic oxidation sites excluding steroid dienone is 6. The third kappa shape index (κ3) is 2.96. The molecule has 9 nitrogen and oxygen atoms in total. The van der Waals surface area contributed by atoms with Crippen LogP contribution in [0.3, 0.4) is 0 Å². The number of benzene rings is 1. The molecule has 1 aromatic carbocycles. The fourth-order valence-electron chi connectivity index (χ4n) is 5.06. The average Bonchev–Trinajstić information content (AvgIpc) is 3.02. The number of ether oxygens (including phenoxy) is 1. The highest BCUT2D eigenvalue weighted by Gasteiger charge is 2.44. The number of methoxy groups -OCH3 is 1. The first kappa shape index (κ1) is 21.7. The standard InChI is InChI=1S/C23H20IN3O6/c1-10-6-16(28)19-13(20(10)29)9-15-12(4-5-26-22(31)25(2)23(32)27(15)26)18(19)11-7-14(24)21(30)17(8-11)33-3/h4,6-8,15,18,30H,5,9H2,1-3H3/t15-,18+/m1/s1. The molecule has 1 aromatic heterocycles. The molecule has 3 aliphatic rings. The number of phenolic OH excluding ortho intramolecular Hbond substituents is 1. The van der Waals surface area contributed by atoms with Gasteiger partial charge in [-0.25, -0.2) is 23.5 Å². The molecule has 1 N–H and O–H groups in total. The maximum Gasteiger partial charge on any atom is 0.347 e. The van der Waals surface area contributed by atoms with Gasteiger partial charge >= 0.3 is 11.4 Å². The highest BCUT2D eigenvalue weighted by Crippen LogP contribution is 2.51. The number of nitrogens with zero attached hydrogens (tertiary/aromatic N) is 3. The zero-order chi connectivity index (χ0) is 23.8. The van der Waals surface area contributed by atoms with Crippen molar-refractivity contribution in [2.45, 2.75) is 31.8 Å². The second-order valence-electron chi connectivity index (χ2n) is 8.37. The predicted molar refractivity (Wildman–Crippen MR) is 127 cm³/mol. The van der Waals surface area contributed by atoms with Gasteiger partial charge in [-0.2, -0.15) is 0 Å². The van der Waals surface area contributed by atoms with Crippen molar-refractivity contribution in [3.63, 3.8) is 0 Å². The van der Waals surface area contributed by atoms with E-state index in [1.165, 1.54) is 29.6 Å². The summed E-state index contributed by atoms with van der Waals surface area (Å²) in [5.74, 6) is -0.892. The Bertz CT molecular complexity index is 1480. The monoisotopic (exact) mass is 561 g/mol. The first-order chi connectivity index (χ1) is 15.6. The molecule has 170 valence electrons. The Hall–Kier alpha value is -3.15. The van der Waals surface area contributed by atoms with Crippen LogP contribution in [0.4, 0.5) is 0 Å². The van der Waals surface area contributed by atoms with Crippen molar-refractivity contribution in [1.82, 2.24) is 13.9 Å². The lowest BCUT2D eigenvalue weighted by molar-refractivity contribution is -0.116. The molecule has 0 radical (unpaired) electrons. The van der Waals surface area contributed by atoms with E-state index in [1.54, 1.807) is 19.1 Å². The van der Waals surface area contributed by atoms with E-state index in [2.05, 4.69) is 0 Å². The van der Waals surface area contributed by atoms with Crippen LogP contribution in [0.15, 0.2) is 56.2 Å². The van der Waals surface area contributed by atoms with Gasteiger partial charge in [0.2, 0.25) is 0 Å². The summed E-state index contributed by atoms with van der Waals surface area (Å²) in [6, 6.07) is 2.80. The number of carbonyl (C=O) groups excluding carboxylic acids is 2. The summed E-state index contributed by atoms with van der Waals surface area (Å²) >= 11 is 1.98. The fraction of sp³-hybridized carbons (Fsp3) is 0.304. The number of phenols is 1. The minimum atomic E-state index is -0.626. The Labute approximate surface area is 201 Å². The molecular weight excluding hydrogens is 541 g/mol. The van der Waals surface area contributed by atoms with Crippen LogP contribution < -0.4 is 16.1 Å². The Kier molecular flexibility index (Phi) is 4.89. The van der Waals surface area contributed by atoms with Gasteiger partial charge < -0.3 is 9.84 Å².